The van der Waals surface area contributed by atoms with Gasteiger partial charge in [0.05, 0.1) is 51.4 Å². The molecule has 88 heavy (non-hydrogen) atoms. The topological polar surface area (TPSA) is 104 Å². The maximum absolute atomic E-state index is 9.11. The first-order chi connectivity index (χ1) is 43.6. The van der Waals surface area contributed by atoms with Crippen LogP contribution < -0.4 is 0 Å². The smallest absolute Gasteiger partial charge is 0.197 e. The highest BCUT2D eigenvalue weighted by Gasteiger charge is 2.25. The summed E-state index contributed by atoms with van der Waals surface area (Å²) in [7, 11) is 0. The van der Waals surface area contributed by atoms with E-state index in [1.807, 2.05) is 158 Å². The van der Waals surface area contributed by atoms with Crippen molar-refractivity contribution in [1.82, 2.24) is 44.0 Å². The van der Waals surface area contributed by atoms with E-state index in [0.717, 1.165) is 122 Å². The van der Waals surface area contributed by atoms with Gasteiger partial charge in [0.15, 0.2) is 40.6 Å². The molecule has 0 amide bonds. The number of benzene rings is 11. The van der Waals surface area contributed by atoms with E-state index >= 15 is 0 Å². The Hall–Kier alpha value is -12.3. The van der Waals surface area contributed by atoms with Crippen LogP contribution in [0.3, 0.4) is 0 Å². The molecule has 0 unspecified atom stereocenters. The van der Waals surface area contributed by atoms with Crippen molar-refractivity contribution in [3.8, 4) is 113 Å². The van der Waals surface area contributed by atoms with Crippen molar-refractivity contribution in [1.29, 1.82) is 0 Å². The van der Waals surface area contributed by atoms with Crippen LogP contribution in [0.5, 0.6) is 0 Å². The molecule has 10 nitrogen and oxygen atoms in total. The van der Waals surface area contributed by atoms with Crippen LogP contribution in [0.25, 0.3) is 162 Å². The molecule has 5 heterocycles. The normalized spacial score (nSPS) is 11.4. The number of hydrogen-bond donors (Lipinski definition) is 0. The first kappa shape index (κ1) is 51.3. The summed E-state index contributed by atoms with van der Waals surface area (Å²) in [5.41, 5.74) is 16.5. The molecule has 0 spiro atoms. The van der Waals surface area contributed by atoms with Crippen LogP contribution in [0.4, 0.5) is 5.69 Å². The Labute approximate surface area is 506 Å². The Bertz CT molecular complexity index is 5200. The molecule has 11 aromatic carbocycles. The molecule has 0 aliphatic rings. The van der Waals surface area contributed by atoms with Gasteiger partial charge in [0.1, 0.15) is 0 Å². The van der Waals surface area contributed by atoms with Crippen LogP contribution >= 0.6 is 0 Å². The Morgan fingerprint density at radius 3 is 0.909 bits per heavy atom. The molecule has 5 aromatic heterocycles. The van der Waals surface area contributed by atoms with Crippen molar-refractivity contribution in [3.63, 3.8) is 0 Å². The lowest BCUT2D eigenvalue weighted by molar-refractivity contribution is 1.07. The van der Waals surface area contributed by atoms with Gasteiger partial charge in [-0.05, 0) is 83.9 Å². The van der Waals surface area contributed by atoms with Crippen LogP contribution in [0.2, 0.25) is 0 Å². The van der Waals surface area contributed by atoms with Gasteiger partial charge in [0.25, 0.3) is 0 Å². The summed E-state index contributed by atoms with van der Waals surface area (Å²) >= 11 is 0. The van der Waals surface area contributed by atoms with Gasteiger partial charge in [-0.3, -0.25) is 0 Å². The number of hydrogen-bond acceptors (Lipinski definition) is 7. The number of para-hydroxylation sites is 2. The second kappa shape index (κ2) is 21.7. The fourth-order valence-corrected chi connectivity index (χ4v) is 12.1. The highest BCUT2D eigenvalue weighted by molar-refractivity contribution is 6.13. The van der Waals surface area contributed by atoms with Gasteiger partial charge >= 0.3 is 0 Å². The molecular weight excluding hydrogens is 1080 g/mol. The van der Waals surface area contributed by atoms with Crippen LogP contribution in [-0.4, -0.2) is 44.0 Å². The second-order valence-corrected chi connectivity index (χ2v) is 21.6. The SMILES string of the molecule is [C-]#[N+]c1cc(-n2c3ccccc3c3cc(-c4nc(-c5ccccc5)nc(-c5ccccc5)n4)ccc32)c(-n2c3ccccc3c3cc(-c4nc(-c5ccccc5)nc(-c5ccccc5)n4)ccc32)cc1-c1cc(-c2ccccc2)nc(-c2ccccc2)c1. The zero-order valence-electron chi connectivity index (χ0n) is 47.2. The first-order valence-electron chi connectivity index (χ1n) is 29.1. The zero-order valence-corrected chi connectivity index (χ0v) is 47.2. The molecule has 16 rings (SSSR count). The highest BCUT2D eigenvalue weighted by atomic mass is 15.1. The lowest BCUT2D eigenvalue weighted by Crippen LogP contribution is -2.04. The Kier molecular flexibility index (Phi) is 12.7. The standard InChI is InChI=1S/C78H48N10/c1-79-66-49-72(88-68-39-23-21-37-60(68)63-45-57(41-43-70(63)88)78-85-75(54-32-16-6-17-33-54)82-76(86-78)55-34-18-7-19-35-55)71(48-61(66)58-46-64(50-24-8-2-9-25-50)80-65(47-58)51-26-10-3-11-27-51)87-67-38-22-20-36-59(67)62-44-56(40-42-69(62)87)77-83-73(52-28-12-4-13-29-52)81-74(84-77)53-30-14-5-15-31-53/h2-49H. The van der Waals surface area contributed by atoms with Gasteiger partial charge in [0, 0.05) is 66.1 Å². The molecule has 0 saturated heterocycles. The summed E-state index contributed by atoms with van der Waals surface area (Å²) in [6.45, 7) is 9.11. The van der Waals surface area contributed by atoms with Gasteiger partial charge in [0.2, 0.25) is 0 Å². The Morgan fingerprint density at radius 2 is 0.545 bits per heavy atom. The highest BCUT2D eigenvalue weighted by Crippen LogP contribution is 2.45. The third-order valence-corrected chi connectivity index (χ3v) is 16.2. The van der Waals surface area contributed by atoms with Gasteiger partial charge in [-0.2, -0.15) is 0 Å². The van der Waals surface area contributed by atoms with Gasteiger partial charge < -0.3 is 9.13 Å². The molecule has 10 heteroatoms. The summed E-state index contributed by atoms with van der Waals surface area (Å²) in [6.07, 6.45) is 0. The Balaban J connectivity index is 0.953. The van der Waals surface area contributed by atoms with Gasteiger partial charge in [-0.25, -0.2) is 39.7 Å². The van der Waals surface area contributed by atoms with Crippen LogP contribution in [0.15, 0.2) is 291 Å². The maximum atomic E-state index is 9.11. The number of fused-ring (bicyclic) bond motifs is 6. The quantitative estimate of drug-likeness (QED) is 0.119. The van der Waals surface area contributed by atoms with Crippen molar-refractivity contribution >= 4 is 49.3 Å². The van der Waals surface area contributed by atoms with Crippen molar-refractivity contribution in [2.24, 2.45) is 0 Å². The van der Waals surface area contributed by atoms with Crippen LogP contribution in [-0.2, 0) is 0 Å². The zero-order chi connectivity index (χ0) is 58.5. The van der Waals surface area contributed by atoms with Gasteiger partial charge in [-0.1, -0.05) is 218 Å². The minimum Gasteiger partial charge on any atom is -0.308 e. The molecular formula is C78H48N10. The molecule has 410 valence electrons. The van der Waals surface area contributed by atoms with Crippen LogP contribution in [0.1, 0.15) is 0 Å². The third kappa shape index (κ3) is 9.20. The fraction of sp³-hybridized carbons (Fsp3) is 0. The first-order valence-corrected chi connectivity index (χ1v) is 29.1. The lowest BCUT2D eigenvalue weighted by atomic mass is 9.97. The largest absolute Gasteiger partial charge is 0.308 e. The average Bonchev–Trinajstić information content (AvgIpc) is 1.67. The summed E-state index contributed by atoms with van der Waals surface area (Å²) in [5, 5.41) is 4.08. The summed E-state index contributed by atoms with van der Waals surface area (Å²) < 4.78 is 4.67. The molecule has 0 N–H and O–H groups in total. The van der Waals surface area contributed by atoms with E-state index in [0.29, 0.717) is 40.6 Å². The monoisotopic (exact) mass is 1120 g/mol. The van der Waals surface area contributed by atoms with E-state index < -0.39 is 0 Å². The molecule has 16 aromatic rings. The predicted octanol–water partition coefficient (Wildman–Crippen LogP) is 19.2. The lowest BCUT2D eigenvalue weighted by Gasteiger charge is -2.20. The summed E-state index contributed by atoms with van der Waals surface area (Å²) in [4.78, 5) is 40.3. The molecule has 0 aliphatic heterocycles. The second-order valence-electron chi connectivity index (χ2n) is 21.6. The molecule has 0 radical (unpaired) electrons. The van der Waals surface area contributed by atoms with Crippen molar-refractivity contribution < 1.29 is 0 Å². The van der Waals surface area contributed by atoms with E-state index in [4.69, 9.17) is 41.5 Å². The molecule has 0 bridgehead atoms. The fourth-order valence-electron chi connectivity index (χ4n) is 12.1. The Morgan fingerprint density at radius 1 is 0.239 bits per heavy atom. The number of pyridine rings is 1. The minimum atomic E-state index is 0.485. The van der Waals surface area contributed by atoms with Crippen molar-refractivity contribution in [3.05, 3.63) is 303 Å². The van der Waals surface area contributed by atoms with Gasteiger partial charge in [-0.15, -0.1) is 0 Å². The summed E-state index contributed by atoms with van der Waals surface area (Å²) in [6, 6.07) is 99.2. The van der Waals surface area contributed by atoms with Crippen LogP contribution in [0, 0.1) is 6.57 Å². The number of aromatic nitrogens is 9. The maximum Gasteiger partial charge on any atom is 0.197 e. The minimum absolute atomic E-state index is 0.485. The number of rotatable bonds is 11. The molecule has 0 fully saturated rings. The van der Waals surface area contributed by atoms with E-state index in [-0.39, 0.29) is 0 Å². The molecule has 0 aliphatic carbocycles. The molecule has 0 atom stereocenters. The van der Waals surface area contributed by atoms with Crippen molar-refractivity contribution in [2.45, 2.75) is 0 Å². The molecule has 0 saturated carbocycles. The van der Waals surface area contributed by atoms with Crippen molar-refractivity contribution in [2.75, 3.05) is 0 Å². The van der Waals surface area contributed by atoms with E-state index in [2.05, 4.69) is 147 Å². The predicted molar refractivity (Wildman–Crippen MR) is 355 cm³/mol. The van der Waals surface area contributed by atoms with E-state index in [1.54, 1.807) is 0 Å². The van der Waals surface area contributed by atoms with E-state index in [9.17, 15) is 0 Å². The third-order valence-electron chi connectivity index (χ3n) is 16.2. The average molecular weight is 1130 g/mol. The summed E-state index contributed by atoms with van der Waals surface area (Å²) in [5.74, 6) is 3.47. The van der Waals surface area contributed by atoms with E-state index in [1.165, 1.54) is 0 Å². The number of nitrogens with zero attached hydrogens (tertiary/aromatic N) is 10.